The molecule has 92 valence electrons. The molecule has 1 aromatic carbocycles. The SMILES string of the molecule is CNCC1COc2c(cccc2C(=O)OC)N1. The number of carbonyl (C=O) groups excluding carboxylic acids is 1. The Kier molecular flexibility index (Phi) is 3.49. The molecule has 2 N–H and O–H groups in total. The molecule has 5 heteroatoms. The zero-order chi connectivity index (χ0) is 12.3. The number of para-hydroxylation sites is 1. The van der Waals surface area contributed by atoms with Crippen LogP contribution < -0.4 is 15.4 Å². The van der Waals surface area contributed by atoms with Crippen LogP contribution in [0.5, 0.6) is 5.75 Å². The molecule has 2 rings (SSSR count). The first-order chi connectivity index (χ1) is 8.26. The summed E-state index contributed by atoms with van der Waals surface area (Å²) in [5.74, 6) is 0.197. The van der Waals surface area contributed by atoms with Crippen molar-refractivity contribution >= 4 is 11.7 Å². The molecule has 0 radical (unpaired) electrons. The molecule has 1 atom stereocenters. The minimum atomic E-state index is -0.379. The second kappa shape index (κ2) is 5.05. The van der Waals surface area contributed by atoms with E-state index in [1.807, 2.05) is 19.2 Å². The van der Waals surface area contributed by atoms with Crippen molar-refractivity contribution in [2.45, 2.75) is 6.04 Å². The van der Waals surface area contributed by atoms with Crippen LogP contribution in [0.3, 0.4) is 0 Å². The fraction of sp³-hybridized carbons (Fsp3) is 0.417. The van der Waals surface area contributed by atoms with Gasteiger partial charge in [-0.05, 0) is 19.2 Å². The number of methoxy groups -OCH3 is 1. The van der Waals surface area contributed by atoms with E-state index in [1.54, 1.807) is 6.07 Å². The average molecular weight is 236 g/mol. The van der Waals surface area contributed by atoms with Crippen LogP contribution in [-0.4, -0.2) is 39.3 Å². The van der Waals surface area contributed by atoms with Gasteiger partial charge in [0.05, 0.1) is 18.8 Å². The minimum absolute atomic E-state index is 0.209. The predicted octanol–water partition coefficient (Wildman–Crippen LogP) is 0.865. The van der Waals surface area contributed by atoms with Gasteiger partial charge < -0.3 is 20.1 Å². The molecule has 0 saturated heterocycles. The van der Waals surface area contributed by atoms with Crippen molar-refractivity contribution in [3.63, 3.8) is 0 Å². The molecule has 1 aliphatic heterocycles. The highest BCUT2D eigenvalue weighted by atomic mass is 16.5. The summed E-state index contributed by atoms with van der Waals surface area (Å²) in [5, 5.41) is 6.40. The Morgan fingerprint density at radius 3 is 3.18 bits per heavy atom. The number of likely N-dealkylation sites (N-methyl/N-ethyl adjacent to an activating group) is 1. The van der Waals surface area contributed by atoms with E-state index >= 15 is 0 Å². The van der Waals surface area contributed by atoms with Gasteiger partial charge in [0.2, 0.25) is 0 Å². The van der Waals surface area contributed by atoms with E-state index in [1.165, 1.54) is 7.11 Å². The number of esters is 1. The molecule has 1 heterocycles. The number of rotatable bonds is 3. The molecule has 1 aliphatic rings. The third kappa shape index (κ3) is 2.34. The van der Waals surface area contributed by atoms with E-state index in [-0.39, 0.29) is 12.0 Å². The summed E-state index contributed by atoms with van der Waals surface area (Å²) >= 11 is 0. The molecular weight excluding hydrogens is 220 g/mol. The molecule has 17 heavy (non-hydrogen) atoms. The molecule has 0 aromatic heterocycles. The van der Waals surface area contributed by atoms with Gasteiger partial charge in [0.25, 0.3) is 0 Å². The van der Waals surface area contributed by atoms with Crippen molar-refractivity contribution in [3.8, 4) is 5.75 Å². The van der Waals surface area contributed by atoms with Crippen molar-refractivity contribution in [3.05, 3.63) is 23.8 Å². The lowest BCUT2D eigenvalue weighted by Gasteiger charge is -2.28. The summed E-state index contributed by atoms with van der Waals surface area (Å²) in [6.45, 7) is 1.34. The Morgan fingerprint density at radius 2 is 2.47 bits per heavy atom. The van der Waals surface area contributed by atoms with E-state index in [2.05, 4.69) is 10.6 Å². The summed E-state index contributed by atoms with van der Waals surface area (Å²) < 4.78 is 10.4. The van der Waals surface area contributed by atoms with Crippen molar-refractivity contribution in [2.75, 3.05) is 32.6 Å². The summed E-state index contributed by atoms with van der Waals surface area (Å²) in [4.78, 5) is 11.6. The Hall–Kier alpha value is -1.75. The molecule has 0 bridgehead atoms. The summed E-state index contributed by atoms with van der Waals surface area (Å²) in [6, 6.07) is 5.61. The van der Waals surface area contributed by atoms with Crippen LogP contribution in [0.4, 0.5) is 5.69 Å². The highest BCUT2D eigenvalue weighted by molar-refractivity contribution is 5.95. The zero-order valence-electron chi connectivity index (χ0n) is 9.95. The van der Waals surface area contributed by atoms with Crippen LogP contribution in [0.15, 0.2) is 18.2 Å². The highest BCUT2D eigenvalue weighted by Gasteiger charge is 2.23. The fourth-order valence-corrected chi connectivity index (χ4v) is 1.88. The van der Waals surface area contributed by atoms with Gasteiger partial charge in [0.1, 0.15) is 12.2 Å². The number of anilines is 1. The number of fused-ring (bicyclic) bond motifs is 1. The lowest BCUT2D eigenvalue weighted by atomic mass is 10.1. The predicted molar refractivity (Wildman–Crippen MR) is 64.6 cm³/mol. The molecule has 1 aromatic rings. The minimum Gasteiger partial charge on any atom is -0.488 e. The fourth-order valence-electron chi connectivity index (χ4n) is 1.88. The molecular formula is C12H16N2O3. The van der Waals surface area contributed by atoms with E-state index in [0.717, 1.165) is 12.2 Å². The van der Waals surface area contributed by atoms with Gasteiger partial charge in [-0.2, -0.15) is 0 Å². The number of hydrogen-bond donors (Lipinski definition) is 2. The third-order valence-electron chi connectivity index (χ3n) is 2.66. The third-order valence-corrected chi connectivity index (χ3v) is 2.66. The molecule has 0 saturated carbocycles. The second-order valence-corrected chi connectivity index (χ2v) is 3.88. The van der Waals surface area contributed by atoms with Gasteiger partial charge >= 0.3 is 5.97 Å². The van der Waals surface area contributed by atoms with Crippen LogP contribution >= 0.6 is 0 Å². The van der Waals surface area contributed by atoms with E-state index in [4.69, 9.17) is 9.47 Å². The molecule has 0 fully saturated rings. The quantitative estimate of drug-likeness (QED) is 0.762. The van der Waals surface area contributed by atoms with Crippen LogP contribution in [0.25, 0.3) is 0 Å². The second-order valence-electron chi connectivity index (χ2n) is 3.88. The van der Waals surface area contributed by atoms with Gasteiger partial charge in [-0.15, -0.1) is 0 Å². The monoisotopic (exact) mass is 236 g/mol. The first-order valence-electron chi connectivity index (χ1n) is 5.51. The van der Waals surface area contributed by atoms with E-state index < -0.39 is 0 Å². The lowest BCUT2D eigenvalue weighted by molar-refractivity contribution is 0.0595. The van der Waals surface area contributed by atoms with Gasteiger partial charge in [-0.25, -0.2) is 4.79 Å². The maximum absolute atomic E-state index is 11.6. The first-order valence-corrected chi connectivity index (χ1v) is 5.51. The summed E-state index contributed by atoms with van der Waals surface area (Å²) in [5.41, 5.74) is 1.29. The molecule has 1 unspecified atom stereocenters. The van der Waals surface area contributed by atoms with Gasteiger partial charge in [-0.1, -0.05) is 6.07 Å². The van der Waals surface area contributed by atoms with E-state index in [0.29, 0.717) is 17.9 Å². The average Bonchev–Trinajstić information content (AvgIpc) is 2.37. The van der Waals surface area contributed by atoms with Gasteiger partial charge in [-0.3, -0.25) is 0 Å². The summed E-state index contributed by atoms with van der Waals surface area (Å²) in [7, 11) is 3.25. The Balaban J connectivity index is 2.26. The van der Waals surface area contributed by atoms with Crippen molar-refractivity contribution in [2.24, 2.45) is 0 Å². The van der Waals surface area contributed by atoms with Crippen molar-refractivity contribution < 1.29 is 14.3 Å². The summed E-state index contributed by atoms with van der Waals surface area (Å²) in [6.07, 6.45) is 0. The zero-order valence-corrected chi connectivity index (χ0v) is 9.95. The molecule has 5 nitrogen and oxygen atoms in total. The number of nitrogens with one attached hydrogen (secondary N) is 2. The normalized spacial score (nSPS) is 17.6. The largest absolute Gasteiger partial charge is 0.488 e. The standard InChI is InChI=1S/C12H16N2O3/c1-13-6-8-7-17-11-9(12(15)16-2)4-3-5-10(11)14-8/h3-5,8,13-14H,6-7H2,1-2H3. The number of carbonyl (C=O) groups is 1. The molecule has 0 spiro atoms. The van der Waals surface area contributed by atoms with Crippen molar-refractivity contribution in [1.29, 1.82) is 0 Å². The van der Waals surface area contributed by atoms with Crippen LogP contribution in [0, 0.1) is 0 Å². The maximum atomic E-state index is 11.6. The Bertz CT molecular complexity index is 420. The van der Waals surface area contributed by atoms with Crippen molar-refractivity contribution in [1.82, 2.24) is 5.32 Å². The van der Waals surface area contributed by atoms with Crippen LogP contribution in [0.1, 0.15) is 10.4 Å². The Morgan fingerprint density at radius 1 is 1.65 bits per heavy atom. The van der Waals surface area contributed by atoms with Gasteiger partial charge in [0.15, 0.2) is 5.75 Å². The number of benzene rings is 1. The van der Waals surface area contributed by atoms with E-state index in [9.17, 15) is 4.79 Å². The number of hydrogen-bond acceptors (Lipinski definition) is 5. The highest BCUT2D eigenvalue weighted by Crippen LogP contribution is 2.32. The maximum Gasteiger partial charge on any atom is 0.341 e. The Labute approximate surface area is 100 Å². The lowest BCUT2D eigenvalue weighted by Crippen LogP contribution is -2.39. The number of ether oxygens (including phenoxy) is 2. The molecule has 0 aliphatic carbocycles. The molecule has 0 amide bonds. The van der Waals surface area contributed by atoms with Crippen LogP contribution in [0.2, 0.25) is 0 Å². The first kappa shape index (κ1) is 11.7. The smallest absolute Gasteiger partial charge is 0.341 e. The van der Waals surface area contributed by atoms with Crippen LogP contribution in [-0.2, 0) is 4.74 Å². The van der Waals surface area contributed by atoms with Gasteiger partial charge in [0, 0.05) is 6.54 Å². The topological polar surface area (TPSA) is 59.6 Å².